The summed E-state index contributed by atoms with van der Waals surface area (Å²) in [4.78, 5) is 2.37. The summed E-state index contributed by atoms with van der Waals surface area (Å²) in [6, 6.07) is 8.60. The van der Waals surface area contributed by atoms with Crippen molar-refractivity contribution in [2.24, 2.45) is 0 Å². The zero-order chi connectivity index (χ0) is 16.9. The van der Waals surface area contributed by atoms with Gasteiger partial charge in [0.25, 0.3) is 0 Å². The van der Waals surface area contributed by atoms with Crippen LogP contribution in [0.3, 0.4) is 0 Å². The van der Waals surface area contributed by atoms with Gasteiger partial charge in [0.1, 0.15) is 5.75 Å². The number of benzene rings is 1. The van der Waals surface area contributed by atoms with Crippen molar-refractivity contribution >= 4 is 0 Å². The Hall–Kier alpha value is -1.88. The Labute approximate surface area is 144 Å². The van der Waals surface area contributed by atoms with Crippen molar-refractivity contribution in [3.05, 3.63) is 41.6 Å². The Morgan fingerprint density at radius 3 is 2.92 bits per heavy atom. The van der Waals surface area contributed by atoms with Gasteiger partial charge in [0.05, 0.1) is 12.5 Å². The molecule has 0 spiro atoms. The van der Waals surface area contributed by atoms with Crippen LogP contribution in [0.1, 0.15) is 50.0 Å². The van der Waals surface area contributed by atoms with E-state index >= 15 is 0 Å². The van der Waals surface area contributed by atoms with Crippen molar-refractivity contribution in [3.8, 4) is 5.75 Å². The minimum absolute atomic E-state index is 0.348. The van der Waals surface area contributed by atoms with E-state index in [2.05, 4.69) is 35.1 Å². The number of aryl methyl sites for hydroxylation is 2. The number of para-hydroxylation sites is 1. The van der Waals surface area contributed by atoms with Crippen LogP contribution in [-0.4, -0.2) is 41.3 Å². The highest BCUT2D eigenvalue weighted by atomic mass is 16.5. The van der Waals surface area contributed by atoms with Crippen molar-refractivity contribution in [1.29, 1.82) is 0 Å². The monoisotopic (exact) mass is 329 g/mol. The van der Waals surface area contributed by atoms with Crippen LogP contribution in [-0.2, 0) is 12.8 Å². The lowest BCUT2D eigenvalue weighted by Gasteiger charge is -2.34. The third kappa shape index (κ3) is 3.78. The van der Waals surface area contributed by atoms with Crippen LogP contribution in [0.4, 0.5) is 0 Å². The Morgan fingerprint density at radius 2 is 2.08 bits per heavy atom. The lowest BCUT2D eigenvalue weighted by Crippen LogP contribution is -2.39. The predicted octanol–water partition coefficient (Wildman–Crippen LogP) is 3.45. The summed E-state index contributed by atoms with van der Waals surface area (Å²) in [7, 11) is 2.17. The maximum Gasteiger partial charge on any atom is 0.221 e. The molecule has 3 rings (SSSR count). The van der Waals surface area contributed by atoms with E-state index in [1.165, 1.54) is 12.0 Å². The fraction of sp³-hybridized carbons (Fsp3) is 0.579. The van der Waals surface area contributed by atoms with Gasteiger partial charge < -0.3 is 14.1 Å². The van der Waals surface area contributed by atoms with Gasteiger partial charge >= 0.3 is 0 Å². The molecule has 130 valence electrons. The maximum atomic E-state index is 5.97. The molecule has 1 saturated heterocycles. The number of ether oxygens (including phenoxy) is 1. The lowest BCUT2D eigenvalue weighted by molar-refractivity contribution is 0.157. The third-order valence-corrected chi connectivity index (χ3v) is 4.98. The van der Waals surface area contributed by atoms with Crippen LogP contribution in [0.5, 0.6) is 5.75 Å². The Kier molecular flexibility index (Phi) is 5.51. The molecule has 1 aliphatic rings. The second-order valence-corrected chi connectivity index (χ2v) is 6.54. The molecule has 1 fully saturated rings. The first-order valence-corrected chi connectivity index (χ1v) is 8.92. The second-order valence-electron chi connectivity index (χ2n) is 6.54. The Morgan fingerprint density at radius 1 is 1.25 bits per heavy atom. The third-order valence-electron chi connectivity index (χ3n) is 4.98. The highest BCUT2D eigenvalue weighted by Gasteiger charge is 2.30. The number of aromatic nitrogens is 2. The topological polar surface area (TPSA) is 51.4 Å². The fourth-order valence-corrected chi connectivity index (χ4v) is 3.41. The number of piperidine rings is 1. The van der Waals surface area contributed by atoms with Gasteiger partial charge in [0, 0.05) is 12.5 Å². The van der Waals surface area contributed by atoms with E-state index in [4.69, 9.17) is 9.15 Å². The second kappa shape index (κ2) is 7.79. The number of hydrogen-bond donors (Lipinski definition) is 0. The summed E-state index contributed by atoms with van der Waals surface area (Å²) in [6.45, 7) is 6.07. The van der Waals surface area contributed by atoms with Gasteiger partial charge in [-0.15, -0.1) is 10.2 Å². The summed E-state index contributed by atoms with van der Waals surface area (Å²) in [5.74, 6) is 2.81. The summed E-state index contributed by atoms with van der Waals surface area (Å²) >= 11 is 0. The first kappa shape index (κ1) is 17.0. The molecule has 1 aliphatic heterocycles. The molecule has 2 atom stereocenters. The molecule has 0 radical (unpaired) electrons. The number of nitrogens with zero attached hydrogens (tertiary/aromatic N) is 3. The molecule has 0 N–H and O–H groups in total. The van der Waals surface area contributed by atoms with Gasteiger partial charge in [-0.25, -0.2) is 0 Å². The molecule has 5 heteroatoms. The van der Waals surface area contributed by atoms with Gasteiger partial charge in [0.15, 0.2) is 0 Å². The normalized spacial score (nSPS) is 21.8. The molecule has 24 heavy (non-hydrogen) atoms. The van der Waals surface area contributed by atoms with Crippen LogP contribution in [0.15, 0.2) is 28.7 Å². The average Bonchev–Trinajstić information content (AvgIpc) is 3.05. The van der Waals surface area contributed by atoms with Crippen LogP contribution in [0, 0.1) is 0 Å². The van der Waals surface area contributed by atoms with Crippen molar-refractivity contribution in [3.63, 3.8) is 0 Å². The lowest BCUT2D eigenvalue weighted by atomic mass is 9.90. The molecule has 2 aromatic rings. The summed E-state index contributed by atoms with van der Waals surface area (Å²) in [5.41, 5.74) is 1.19. The van der Waals surface area contributed by atoms with Gasteiger partial charge in [0.2, 0.25) is 11.8 Å². The highest BCUT2D eigenvalue weighted by molar-refractivity contribution is 5.33. The minimum atomic E-state index is 0.348. The number of likely N-dealkylation sites (tertiary alicyclic amines) is 1. The summed E-state index contributed by atoms with van der Waals surface area (Å²) < 4.78 is 11.7. The number of likely N-dealkylation sites (N-methyl/N-ethyl adjacent to an activating group) is 1. The number of hydrogen-bond acceptors (Lipinski definition) is 5. The van der Waals surface area contributed by atoms with E-state index in [0.29, 0.717) is 18.6 Å². The van der Waals surface area contributed by atoms with Gasteiger partial charge in [-0.05, 0) is 58.3 Å². The van der Waals surface area contributed by atoms with Crippen molar-refractivity contribution < 1.29 is 9.15 Å². The Bertz CT molecular complexity index is 656. The molecule has 1 aromatic carbocycles. The molecule has 0 unspecified atom stereocenters. The summed E-state index contributed by atoms with van der Waals surface area (Å²) in [5, 5.41) is 8.59. The predicted molar refractivity (Wildman–Crippen MR) is 93.4 cm³/mol. The van der Waals surface area contributed by atoms with E-state index in [9.17, 15) is 0 Å². The van der Waals surface area contributed by atoms with Crippen LogP contribution in [0.25, 0.3) is 0 Å². The molecule has 1 aromatic heterocycles. The Balaban J connectivity index is 1.64. The van der Waals surface area contributed by atoms with Crippen LogP contribution < -0.4 is 4.74 Å². The summed E-state index contributed by atoms with van der Waals surface area (Å²) in [6.07, 6.45) is 3.90. The molecule has 0 bridgehead atoms. The first-order valence-electron chi connectivity index (χ1n) is 8.92. The fourth-order valence-electron chi connectivity index (χ4n) is 3.41. The van der Waals surface area contributed by atoms with E-state index in [1.807, 2.05) is 25.1 Å². The SMILES string of the molecule is CCOc1ccccc1CCc1nnc([C@H]2CCCN(C)[C@H]2C)o1. The largest absolute Gasteiger partial charge is 0.494 e. The van der Waals surface area contributed by atoms with E-state index in [1.54, 1.807) is 0 Å². The standard InChI is InChI=1S/C19H27N3O2/c1-4-23-17-10-6-5-8-15(17)11-12-18-20-21-19(24-18)16-9-7-13-22(3)14(16)2/h5-6,8,10,14,16H,4,7,9,11-13H2,1-3H3/t14-,16-/m0/s1. The van der Waals surface area contributed by atoms with Crippen LogP contribution in [0.2, 0.25) is 0 Å². The molecule has 5 nitrogen and oxygen atoms in total. The first-order chi connectivity index (χ1) is 11.7. The van der Waals surface area contributed by atoms with Gasteiger partial charge in [-0.2, -0.15) is 0 Å². The van der Waals surface area contributed by atoms with E-state index in [0.717, 1.165) is 43.3 Å². The molecule has 2 heterocycles. The average molecular weight is 329 g/mol. The maximum absolute atomic E-state index is 5.97. The highest BCUT2D eigenvalue weighted by Crippen LogP contribution is 2.31. The zero-order valence-electron chi connectivity index (χ0n) is 14.9. The van der Waals surface area contributed by atoms with Gasteiger partial charge in [-0.1, -0.05) is 18.2 Å². The van der Waals surface area contributed by atoms with Crippen molar-refractivity contribution in [2.45, 2.75) is 51.5 Å². The molecular weight excluding hydrogens is 302 g/mol. The number of rotatable bonds is 6. The molecule has 0 saturated carbocycles. The quantitative estimate of drug-likeness (QED) is 0.812. The minimum Gasteiger partial charge on any atom is -0.494 e. The van der Waals surface area contributed by atoms with Crippen LogP contribution >= 0.6 is 0 Å². The molecule has 0 amide bonds. The molecular formula is C19H27N3O2. The zero-order valence-corrected chi connectivity index (χ0v) is 14.9. The van der Waals surface area contributed by atoms with Crippen molar-refractivity contribution in [1.82, 2.24) is 15.1 Å². The van der Waals surface area contributed by atoms with Gasteiger partial charge in [-0.3, -0.25) is 0 Å². The molecule has 0 aliphatic carbocycles. The van der Waals surface area contributed by atoms with E-state index < -0.39 is 0 Å². The smallest absolute Gasteiger partial charge is 0.221 e. The van der Waals surface area contributed by atoms with E-state index in [-0.39, 0.29) is 0 Å². The van der Waals surface area contributed by atoms with Crippen molar-refractivity contribution in [2.75, 3.05) is 20.2 Å².